The number of aromatic nitrogens is 3. The number of hydrogen-bond donors (Lipinski definition) is 0. The molecule has 10 heteroatoms. The predicted octanol–water partition coefficient (Wildman–Crippen LogP) is 1.53. The van der Waals surface area contributed by atoms with Crippen LogP contribution in [0.15, 0.2) is 30.3 Å². The first-order valence-electron chi connectivity index (χ1n) is 10.1. The molecule has 29 heavy (non-hydrogen) atoms. The van der Waals surface area contributed by atoms with E-state index in [0.29, 0.717) is 37.6 Å². The van der Waals surface area contributed by atoms with E-state index in [2.05, 4.69) is 26.5 Å². The number of sulfonamides is 1. The van der Waals surface area contributed by atoms with Crippen molar-refractivity contribution in [2.75, 3.05) is 45.5 Å². The van der Waals surface area contributed by atoms with Crippen LogP contribution in [0, 0.1) is 4.77 Å². The van der Waals surface area contributed by atoms with Gasteiger partial charge in [0.05, 0.1) is 19.5 Å². The van der Waals surface area contributed by atoms with Gasteiger partial charge < -0.3 is 0 Å². The molecule has 4 rings (SSSR count). The molecular formula is C19H28N6O2S2. The standard InChI is InChI=1S/C19H28N6O2S2/c1-29(26,27)23-13-11-22(12-14-23)16-24-19(28)25(17-7-3-2-4-8-17)18(20-24)15-21-9-5-6-10-21/h2-4,7-8H,5-6,9-16H2,1H3. The molecule has 0 aliphatic carbocycles. The maximum absolute atomic E-state index is 11.7. The van der Waals surface area contributed by atoms with Crippen molar-refractivity contribution < 1.29 is 8.42 Å². The third kappa shape index (κ3) is 4.77. The predicted molar refractivity (Wildman–Crippen MR) is 115 cm³/mol. The van der Waals surface area contributed by atoms with Crippen LogP contribution in [0.3, 0.4) is 0 Å². The van der Waals surface area contributed by atoms with Gasteiger partial charge in [0.25, 0.3) is 0 Å². The van der Waals surface area contributed by atoms with Crippen LogP contribution in [-0.4, -0.2) is 82.4 Å². The van der Waals surface area contributed by atoms with E-state index < -0.39 is 10.0 Å². The van der Waals surface area contributed by atoms with Crippen LogP contribution < -0.4 is 0 Å². The third-order valence-electron chi connectivity index (χ3n) is 5.62. The number of likely N-dealkylation sites (tertiary alicyclic amines) is 1. The summed E-state index contributed by atoms with van der Waals surface area (Å²) in [5.74, 6) is 0.956. The quantitative estimate of drug-likeness (QED) is 0.640. The summed E-state index contributed by atoms with van der Waals surface area (Å²) in [6.45, 7) is 5.92. The molecule has 158 valence electrons. The second-order valence-corrected chi connectivity index (χ2v) is 10.1. The molecule has 2 saturated heterocycles. The minimum absolute atomic E-state index is 0.506. The number of hydrogen-bond acceptors (Lipinski definition) is 6. The van der Waals surface area contributed by atoms with Gasteiger partial charge in [0.1, 0.15) is 0 Å². The molecule has 0 atom stereocenters. The summed E-state index contributed by atoms with van der Waals surface area (Å²) in [5, 5.41) is 4.87. The fourth-order valence-corrected chi connectivity index (χ4v) is 5.15. The number of rotatable bonds is 6. The number of benzene rings is 1. The van der Waals surface area contributed by atoms with Gasteiger partial charge in [-0.25, -0.2) is 13.1 Å². The molecule has 0 spiro atoms. The molecule has 3 heterocycles. The third-order valence-corrected chi connectivity index (χ3v) is 7.32. The Morgan fingerprint density at radius 1 is 0.966 bits per heavy atom. The summed E-state index contributed by atoms with van der Waals surface area (Å²) in [6.07, 6.45) is 3.74. The molecule has 2 aromatic rings. The van der Waals surface area contributed by atoms with Crippen molar-refractivity contribution in [1.82, 2.24) is 28.5 Å². The summed E-state index contributed by atoms with van der Waals surface area (Å²) >= 11 is 5.80. The lowest BCUT2D eigenvalue weighted by Gasteiger charge is -2.32. The van der Waals surface area contributed by atoms with E-state index in [-0.39, 0.29) is 0 Å². The maximum atomic E-state index is 11.7. The molecule has 0 radical (unpaired) electrons. The van der Waals surface area contributed by atoms with Crippen LogP contribution in [0.1, 0.15) is 18.7 Å². The smallest absolute Gasteiger partial charge is 0.211 e. The molecule has 2 aliphatic rings. The highest BCUT2D eigenvalue weighted by molar-refractivity contribution is 7.88. The second kappa shape index (κ2) is 8.65. The summed E-state index contributed by atoms with van der Waals surface area (Å²) < 4.78 is 29.6. The minimum Gasteiger partial charge on any atom is -0.296 e. The van der Waals surface area contributed by atoms with Crippen LogP contribution in [0.25, 0.3) is 5.69 Å². The Kier molecular flexibility index (Phi) is 6.16. The van der Waals surface area contributed by atoms with Gasteiger partial charge >= 0.3 is 0 Å². The fourth-order valence-electron chi connectivity index (χ4n) is 4.02. The number of nitrogens with zero attached hydrogens (tertiary/aromatic N) is 6. The summed E-state index contributed by atoms with van der Waals surface area (Å²) in [5.41, 5.74) is 1.03. The first kappa shape index (κ1) is 20.7. The van der Waals surface area contributed by atoms with Gasteiger partial charge in [-0.3, -0.25) is 14.4 Å². The van der Waals surface area contributed by atoms with Gasteiger partial charge in [-0.15, -0.1) is 0 Å². The van der Waals surface area contributed by atoms with Crippen LogP contribution >= 0.6 is 12.2 Å². The largest absolute Gasteiger partial charge is 0.296 e. The van der Waals surface area contributed by atoms with Crippen molar-refractivity contribution in [3.8, 4) is 5.69 Å². The van der Waals surface area contributed by atoms with E-state index in [0.717, 1.165) is 31.1 Å². The molecule has 1 aromatic carbocycles. The number of para-hydroxylation sites is 1. The number of piperazine rings is 1. The van der Waals surface area contributed by atoms with E-state index in [4.69, 9.17) is 17.3 Å². The average Bonchev–Trinajstić information content (AvgIpc) is 3.31. The molecule has 2 fully saturated rings. The van der Waals surface area contributed by atoms with Gasteiger partial charge in [-0.1, -0.05) is 18.2 Å². The normalized spacial score (nSPS) is 19.8. The van der Waals surface area contributed by atoms with Crippen molar-refractivity contribution >= 4 is 22.2 Å². The minimum atomic E-state index is -3.13. The van der Waals surface area contributed by atoms with E-state index in [1.165, 1.54) is 23.4 Å². The lowest BCUT2D eigenvalue weighted by atomic mass is 10.3. The van der Waals surface area contributed by atoms with Crippen molar-refractivity contribution in [1.29, 1.82) is 0 Å². The summed E-state index contributed by atoms with van der Waals surface area (Å²) in [4.78, 5) is 4.63. The van der Waals surface area contributed by atoms with Gasteiger partial charge in [-0.05, 0) is 50.3 Å². The Labute approximate surface area is 177 Å². The summed E-state index contributed by atoms with van der Waals surface area (Å²) in [6, 6.07) is 10.1. The monoisotopic (exact) mass is 436 g/mol. The molecule has 1 aromatic heterocycles. The van der Waals surface area contributed by atoms with E-state index in [9.17, 15) is 8.42 Å². The first-order chi connectivity index (χ1) is 13.9. The second-order valence-electron chi connectivity index (χ2n) is 7.77. The van der Waals surface area contributed by atoms with Crippen molar-refractivity contribution in [2.45, 2.75) is 26.1 Å². The highest BCUT2D eigenvalue weighted by atomic mass is 32.2. The zero-order valence-corrected chi connectivity index (χ0v) is 18.4. The Hall–Kier alpha value is -1.59. The van der Waals surface area contributed by atoms with Gasteiger partial charge in [0, 0.05) is 31.9 Å². The van der Waals surface area contributed by atoms with Crippen LogP contribution in [0.2, 0.25) is 0 Å². The summed E-state index contributed by atoms with van der Waals surface area (Å²) in [7, 11) is -3.13. The Bertz CT molecular complexity index is 987. The van der Waals surface area contributed by atoms with Gasteiger partial charge in [-0.2, -0.15) is 9.40 Å². The molecule has 0 saturated carbocycles. The highest BCUT2D eigenvalue weighted by Crippen LogP contribution is 2.17. The zero-order valence-electron chi connectivity index (χ0n) is 16.8. The molecule has 0 bridgehead atoms. The van der Waals surface area contributed by atoms with Crippen LogP contribution in [0.4, 0.5) is 0 Å². The molecule has 8 nitrogen and oxygen atoms in total. The van der Waals surface area contributed by atoms with Crippen molar-refractivity contribution in [3.63, 3.8) is 0 Å². The molecule has 0 N–H and O–H groups in total. The Balaban J connectivity index is 1.56. The van der Waals surface area contributed by atoms with Crippen molar-refractivity contribution in [3.05, 3.63) is 40.9 Å². The fraction of sp³-hybridized carbons (Fsp3) is 0.579. The molecule has 2 aliphatic heterocycles. The average molecular weight is 437 g/mol. The zero-order chi connectivity index (χ0) is 20.4. The molecular weight excluding hydrogens is 408 g/mol. The van der Waals surface area contributed by atoms with Crippen LogP contribution in [0.5, 0.6) is 0 Å². The SMILES string of the molecule is CS(=O)(=O)N1CCN(Cn2nc(CN3CCCC3)n(-c3ccccc3)c2=S)CC1. The topological polar surface area (TPSA) is 66.6 Å². The Morgan fingerprint density at radius 2 is 1.62 bits per heavy atom. The lowest BCUT2D eigenvalue weighted by molar-refractivity contribution is 0.144. The maximum Gasteiger partial charge on any atom is 0.211 e. The van der Waals surface area contributed by atoms with Gasteiger partial charge in [0.2, 0.25) is 14.8 Å². The van der Waals surface area contributed by atoms with Crippen molar-refractivity contribution in [2.24, 2.45) is 0 Å². The Morgan fingerprint density at radius 3 is 2.24 bits per heavy atom. The van der Waals surface area contributed by atoms with E-state index >= 15 is 0 Å². The van der Waals surface area contributed by atoms with Crippen LogP contribution in [-0.2, 0) is 23.2 Å². The highest BCUT2D eigenvalue weighted by Gasteiger charge is 2.25. The first-order valence-corrected chi connectivity index (χ1v) is 12.3. The molecule has 0 amide bonds. The lowest BCUT2D eigenvalue weighted by Crippen LogP contribution is -2.48. The van der Waals surface area contributed by atoms with E-state index in [1.807, 2.05) is 22.9 Å². The van der Waals surface area contributed by atoms with E-state index in [1.54, 1.807) is 0 Å². The molecule has 0 unspecified atom stereocenters. The van der Waals surface area contributed by atoms with Gasteiger partial charge in [0.15, 0.2) is 5.82 Å².